The van der Waals surface area contributed by atoms with Crippen molar-refractivity contribution in [1.29, 1.82) is 0 Å². The van der Waals surface area contributed by atoms with Gasteiger partial charge in [-0.15, -0.1) is 0 Å². The Balaban J connectivity index is 2.01. The van der Waals surface area contributed by atoms with Gasteiger partial charge in [0.1, 0.15) is 0 Å². The van der Waals surface area contributed by atoms with Gasteiger partial charge in [-0.2, -0.15) is 11.8 Å². The molecular formula is C11H15FN2O2S2. The van der Waals surface area contributed by atoms with Gasteiger partial charge in [0.15, 0.2) is 5.82 Å². The lowest BCUT2D eigenvalue weighted by Crippen LogP contribution is -2.32. The number of aromatic nitrogens is 1. The number of hydrogen-bond donors (Lipinski definition) is 1. The molecule has 1 fully saturated rings. The summed E-state index contributed by atoms with van der Waals surface area (Å²) in [6.07, 6.45) is 3.27. The van der Waals surface area contributed by atoms with Crippen LogP contribution in [-0.2, 0) is 10.0 Å². The van der Waals surface area contributed by atoms with Crippen molar-refractivity contribution in [2.24, 2.45) is 5.92 Å². The Morgan fingerprint density at radius 2 is 2.17 bits per heavy atom. The van der Waals surface area contributed by atoms with Crippen LogP contribution in [0.25, 0.3) is 0 Å². The second-order valence-corrected chi connectivity index (χ2v) is 7.11. The molecule has 0 amide bonds. The Kier molecular flexibility index (Phi) is 4.58. The molecule has 0 atom stereocenters. The molecule has 1 aromatic heterocycles. The molecular weight excluding hydrogens is 275 g/mol. The number of halogens is 1. The van der Waals surface area contributed by atoms with Gasteiger partial charge in [-0.25, -0.2) is 22.5 Å². The minimum Gasteiger partial charge on any atom is -0.241 e. The molecule has 0 aliphatic carbocycles. The van der Waals surface area contributed by atoms with E-state index in [-0.39, 0.29) is 0 Å². The summed E-state index contributed by atoms with van der Waals surface area (Å²) >= 11 is 1.88. The molecule has 1 aliphatic heterocycles. The van der Waals surface area contributed by atoms with Crippen LogP contribution in [0.2, 0.25) is 0 Å². The smallest absolute Gasteiger partial charge is 0.241 e. The molecule has 0 bridgehead atoms. The summed E-state index contributed by atoms with van der Waals surface area (Å²) < 4.78 is 39.6. The zero-order chi connectivity index (χ0) is 13.0. The van der Waals surface area contributed by atoms with E-state index in [0.29, 0.717) is 12.5 Å². The van der Waals surface area contributed by atoms with Crippen LogP contribution in [-0.4, -0.2) is 31.5 Å². The zero-order valence-electron chi connectivity index (χ0n) is 9.80. The molecule has 100 valence electrons. The Labute approximate surface area is 110 Å². The predicted octanol–water partition coefficient (Wildman–Crippen LogP) is 1.64. The molecule has 0 unspecified atom stereocenters. The first-order valence-electron chi connectivity index (χ1n) is 5.77. The van der Waals surface area contributed by atoms with Crippen LogP contribution in [0.1, 0.15) is 12.8 Å². The van der Waals surface area contributed by atoms with E-state index in [0.717, 1.165) is 30.4 Å². The fourth-order valence-electron chi connectivity index (χ4n) is 1.82. The van der Waals surface area contributed by atoms with Gasteiger partial charge in [0.25, 0.3) is 10.0 Å². The van der Waals surface area contributed by atoms with Gasteiger partial charge in [-0.3, -0.25) is 0 Å². The number of hydrogen-bond acceptors (Lipinski definition) is 4. The van der Waals surface area contributed by atoms with Crippen molar-refractivity contribution in [2.45, 2.75) is 17.9 Å². The van der Waals surface area contributed by atoms with E-state index < -0.39 is 20.9 Å². The first-order valence-corrected chi connectivity index (χ1v) is 8.41. The predicted molar refractivity (Wildman–Crippen MR) is 69.4 cm³/mol. The highest BCUT2D eigenvalue weighted by Crippen LogP contribution is 2.22. The van der Waals surface area contributed by atoms with Gasteiger partial charge in [0.05, 0.1) is 0 Å². The second kappa shape index (κ2) is 5.99. The van der Waals surface area contributed by atoms with E-state index >= 15 is 0 Å². The SMILES string of the molecule is O=S(=O)(NCC1CCSCC1)c1ncccc1F. The van der Waals surface area contributed by atoms with Crippen molar-refractivity contribution in [1.82, 2.24) is 9.71 Å². The molecule has 2 rings (SSSR count). The third-order valence-corrected chi connectivity index (χ3v) is 5.29. The molecule has 1 saturated heterocycles. The summed E-state index contributed by atoms with van der Waals surface area (Å²) in [5.74, 6) is 1.64. The Hall–Kier alpha value is -0.660. The van der Waals surface area contributed by atoms with Crippen molar-refractivity contribution in [2.75, 3.05) is 18.1 Å². The van der Waals surface area contributed by atoms with Gasteiger partial charge in [-0.1, -0.05) is 0 Å². The molecule has 18 heavy (non-hydrogen) atoms. The van der Waals surface area contributed by atoms with Gasteiger partial charge < -0.3 is 0 Å². The molecule has 0 saturated carbocycles. The van der Waals surface area contributed by atoms with Gasteiger partial charge >= 0.3 is 0 Å². The van der Waals surface area contributed by atoms with Crippen LogP contribution < -0.4 is 4.72 Å². The molecule has 1 N–H and O–H groups in total. The largest absolute Gasteiger partial charge is 0.261 e. The van der Waals surface area contributed by atoms with Crippen LogP contribution >= 0.6 is 11.8 Å². The fourth-order valence-corrected chi connectivity index (χ4v) is 4.14. The van der Waals surface area contributed by atoms with Gasteiger partial charge in [0, 0.05) is 12.7 Å². The molecule has 4 nitrogen and oxygen atoms in total. The first kappa shape index (κ1) is 13.8. The monoisotopic (exact) mass is 290 g/mol. The average Bonchev–Trinajstić information content (AvgIpc) is 2.38. The molecule has 0 radical (unpaired) electrons. The van der Waals surface area contributed by atoms with E-state index in [2.05, 4.69) is 9.71 Å². The lowest BCUT2D eigenvalue weighted by molar-refractivity contribution is 0.473. The normalized spacial score (nSPS) is 17.8. The number of pyridine rings is 1. The standard InChI is InChI=1S/C11H15FN2O2S2/c12-10-2-1-5-13-11(10)18(15,16)14-8-9-3-6-17-7-4-9/h1-2,5,9,14H,3-4,6-8H2. The summed E-state index contributed by atoms with van der Waals surface area (Å²) in [6.45, 7) is 0.360. The van der Waals surface area contributed by atoms with E-state index in [4.69, 9.17) is 0 Å². The highest BCUT2D eigenvalue weighted by Gasteiger charge is 2.22. The molecule has 1 aromatic rings. The third-order valence-electron chi connectivity index (χ3n) is 2.88. The fraction of sp³-hybridized carbons (Fsp3) is 0.545. The highest BCUT2D eigenvalue weighted by molar-refractivity contribution is 7.99. The van der Waals surface area contributed by atoms with Gasteiger partial charge in [-0.05, 0) is 42.4 Å². The lowest BCUT2D eigenvalue weighted by Gasteiger charge is -2.21. The molecule has 1 aliphatic rings. The Morgan fingerprint density at radius 3 is 2.83 bits per heavy atom. The van der Waals surface area contributed by atoms with Crippen molar-refractivity contribution in [3.8, 4) is 0 Å². The van der Waals surface area contributed by atoms with Gasteiger partial charge in [0.2, 0.25) is 5.03 Å². The second-order valence-electron chi connectivity index (χ2n) is 4.20. The van der Waals surface area contributed by atoms with Crippen LogP contribution in [0.3, 0.4) is 0 Å². The summed E-state index contributed by atoms with van der Waals surface area (Å²) in [6, 6.07) is 2.46. The van der Waals surface area contributed by atoms with Crippen LogP contribution in [0.4, 0.5) is 4.39 Å². The highest BCUT2D eigenvalue weighted by atomic mass is 32.2. The van der Waals surface area contributed by atoms with E-state index in [1.54, 1.807) is 0 Å². The maximum Gasteiger partial charge on any atom is 0.261 e. The van der Waals surface area contributed by atoms with E-state index in [1.807, 2.05) is 11.8 Å². The average molecular weight is 290 g/mol. The molecule has 0 spiro atoms. The quantitative estimate of drug-likeness (QED) is 0.916. The summed E-state index contributed by atoms with van der Waals surface area (Å²) in [7, 11) is -3.83. The minimum absolute atomic E-state index is 0.341. The molecule has 2 heterocycles. The molecule has 0 aromatic carbocycles. The first-order chi connectivity index (χ1) is 8.59. The maximum atomic E-state index is 13.4. The van der Waals surface area contributed by atoms with Crippen molar-refractivity contribution in [3.63, 3.8) is 0 Å². The van der Waals surface area contributed by atoms with E-state index in [1.165, 1.54) is 12.3 Å². The Morgan fingerprint density at radius 1 is 1.44 bits per heavy atom. The van der Waals surface area contributed by atoms with Crippen molar-refractivity contribution in [3.05, 3.63) is 24.1 Å². The number of rotatable bonds is 4. The van der Waals surface area contributed by atoms with Crippen molar-refractivity contribution < 1.29 is 12.8 Å². The van der Waals surface area contributed by atoms with Crippen LogP contribution in [0.5, 0.6) is 0 Å². The lowest BCUT2D eigenvalue weighted by atomic mass is 10.0. The van der Waals surface area contributed by atoms with Crippen LogP contribution in [0.15, 0.2) is 23.4 Å². The van der Waals surface area contributed by atoms with E-state index in [9.17, 15) is 12.8 Å². The topological polar surface area (TPSA) is 59.1 Å². The number of nitrogens with one attached hydrogen (secondary N) is 1. The summed E-state index contributed by atoms with van der Waals surface area (Å²) in [4.78, 5) is 3.58. The maximum absolute atomic E-state index is 13.4. The number of thioether (sulfide) groups is 1. The third kappa shape index (κ3) is 3.43. The summed E-state index contributed by atoms with van der Waals surface area (Å²) in [5.41, 5.74) is 0. The minimum atomic E-state index is -3.83. The summed E-state index contributed by atoms with van der Waals surface area (Å²) in [5, 5.41) is -0.518. The Bertz CT molecular complexity index is 502. The number of sulfonamides is 1. The molecule has 7 heteroatoms. The van der Waals surface area contributed by atoms with Crippen LogP contribution in [0, 0.1) is 11.7 Å². The number of nitrogens with zero attached hydrogens (tertiary/aromatic N) is 1. The zero-order valence-corrected chi connectivity index (χ0v) is 11.4. The van der Waals surface area contributed by atoms with Crippen molar-refractivity contribution >= 4 is 21.8 Å².